The molecule has 0 aliphatic rings. The largest absolute Gasteiger partial charge is 0.495 e. The molecule has 1 rings (SSSR count). The second-order valence-electron chi connectivity index (χ2n) is 3.72. The minimum absolute atomic E-state index is 0.0339. The summed E-state index contributed by atoms with van der Waals surface area (Å²) < 4.78 is 9.93. The summed E-state index contributed by atoms with van der Waals surface area (Å²) in [7, 11) is 4.59. The summed E-state index contributed by atoms with van der Waals surface area (Å²) in [5, 5.41) is 9.67. The lowest BCUT2D eigenvalue weighted by Crippen LogP contribution is -2.20. The summed E-state index contributed by atoms with van der Waals surface area (Å²) in [6.07, 6.45) is 1.79. The molecule has 0 radical (unpaired) electrons. The fraction of sp³-hybridized carbons (Fsp3) is 0.286. The molecule has 106 valence electrons. The highest BCUT2D eigenvalue weighted by Gasteiger charge is 2.21. The minimum Gasteiger partial charge on any atom is -0.495 e. The summed E-state index contributed by atoms with van der Waals surface area (Å²) in [5.74, 6) is 0.00213. The lowest BCUT2D eigenvalue weighted by atomic mass is 10.2. The highest BCUT2D eigenvalue weighted by Crippen LogP contribution is 2.33. The molecule has 0 bridgehead atoms. The fourth-order valence-corrected chi connectivity index (χ4v) is 2.41. The third kappa shape index (κ3) is 3.25. The number of esters is 1. The first-order valence-electron chi connectivity index (χ1n) is 5.74. The van der Waals surface area contributed by atoms with Gasteiger partial charge in [0.15, 0.2) is 5.57 Å². The number of carbonyl (C=O) groups is 1. The van der Waals surface area contributed by atoms with Crippen molar-refractivity contribution in [3.05, 3.63) is 34.9 Å². The average molecular weight is 292 g/mol. The number of ether oxygens (including phenoxy) is 2. The maximum absolute atomic E-state index is 11.7. The molecular weight excluding hydrogens is 276 g/mol. The quantitative estimate of drug-likeness (QED) is 0.472. The number of carbonyl (C=O) groups excluding carboxylic acids is 1. The predicted molar refractivity (Wildman–Crippen MR) is 79.6 cm³/mol. The molecule has 5 nitrogen and oxygen atoms in total. The molecule has 0 amide bonds. The molecule has 0 aliphatic heterocycles. The molecule has 0 fully saturated rings. The van der Waals surface area contributed by atoms with Crippen molar-refractivity contribution in [3.63, 3.8) is 0 Å². The summed E-state index contributed by atoms with van der Waals surface area (Å²) in [4.78, 5) is 13.4. The zero-order valence-electron chi connectivity index (χ0n) is 11.8. The smallest absolute Gasteiger partial charge is 0.351 e. The van der Waals surface area contributed by atoms with Crippen LogP contribution in [0.25, 0.3) is 0 Å². The van der Waals surface area contributed by atoms with Crippen LogP contribution in [0.3, 0.4) is 0 Å². The Balaban J connectivity index is 3.34. The van der Waals surface area contributed by atoms with E-state index in [1.807, 2.05) is 30.3 Å². The van der Waals surface area contributed by atoms with E-state index in [0.29, 0.717) is 10.8 Å². The third-order valence-electron chi connectivity index (χ3n) is 2.66. The van der Waals surface area contributed by atoms with Gasteiger partial charge in [-0.15, -0.1) is 11.8 Å². The standard InChI is InChI=1S/C14H16N2O3S/c1-16(11-7-5-6-8-12(11)18-2)13(20-4)10(9-15)14(17)19-3/h5-8H,1-4H3/b13-10-. The monoisotopic (exact) mass is 292 g/mol. The molecule has 0 N–H and O–H groups in total. The van der Waals surface area contributed by atoms with Crippen molar-refractivity contribution in [1.82, 2.24) is 0 Å². The Morgan fingerprint density at radius 3 is 2.50 bits per heavy atom. The molecule has 0 saturated heterocycles. The number of anilines is 1. The van der Waals surface area contributed by atoms with Crippen LogP contribution >= 0.6 is 11.8 Å². The topological polar surface area (TPSA) is 62.6 Å². The van der Waals surface area contributed by atoms with Crippen molar-refractivity contribution in [2.75, 3.05) is 32.4 Å². The van der Waals surface area contributed by atoms with Gasteiger partial charge in [-0.2, -0.15) is 5.26 Å². The number of hydrogen-bond donors (Lipinski definition) is 0. The number of benzene rings is 1. The van der Waals surface area contributed by atoms with Crippen LogP contribution in [-0.4, -0.2) is 33.5 Å². The number of thioether (sulfide) groups is 1. The van der Waals surface area contributed by atoms with Gasteiger partial charge < -0.3 is 14.4 Å². The number of para-hydroxylation sites is 2. The van der Waals surface area contributed by atoms with Gasteiger partial charge >= 0.3 is 5.97 Å². The van der Waals surface area contributed by atoms with Gasteiger partial charge in [-0.25, -0.2) is 4.79 Å². The molecule has 0 atom stereocenters. The molecule has 1 aromatic carbocycles. The predicted octanol–water partition coefficient (Wildman–Crippen LogP) is 2.40. The van der Waals surface area contributed by atoms with Crippen molar-refractivity contribution in [1.29, 1.82) is 5.26 Å². The van der Waals surface area contributed by atoms with Gasteiger partial charge in [0.05, 0.1) is 19.9 Å². The van der Waals surface area contributed by atoms with Crippen molar-refractivity contribution in [2.24, 2.45) is 0 Å². The zero-order valence-corrected chi connectivity index (χ0v) is 12.7. The van der Waals surface area contributed by atoms with Gasteiger partial charge in [-0.3, -0.25) is 0 Å². The van der Waals surface area contributed by atoms with E-state index in [2.05, 4.69) is 4.74 Å². The van der Waals surface area contributed by atoms with Crippen LogP contribution in [0.5, 0.6) is 5.75 Å². The summed E-state index contributed by atoms with van der Waals surface area (Å²) in [6, 6.07) is 9.26. The van der Waals surface area contributed by atoms with Crippen LogP contribution in [0.2, 0.25) is 0 Å². The van der Waals surface area contributed by atoms with Crippen LogP contribution in [0, 0.1) is 11.3 Å². The number of nitriles is 1. The zero-order chi connectivity index (χ0) is 15.1. The first kappa shape index (κ1) is 15.9. The van der Waals surface area contributed by atoms with Crippen LogP contribution in [-0.2, 0) is 9.53 Å². The van der Waals surface area contributed by atoms with Gasteiger partial charge in [0.1, 0.15) is 16.8 Å². The van der Waals surface area contributed by atoms with E-state index >= 15 is 0 Å². The maximum atomic E-state index is 11.7. The van der Waals surface area contributed by atoms with E-state index in [1.54, 1.807) is 25.3 Å². The van der Waals surface area contributed by atoms with Gasteiger partial charge in [0, 0.05) is 7.05 Å². The van der Waals surface area contributed by atoms with Crippen molar-refractivity contribution >= 4 is 23.4 Å². The highest BCUT2D eigenvalue weighted by atomic mass is 32.2. The van der Waals surface area contributed by atoms with Crippen molar-refractivity contribution in [2.45, 2.75) is 0 Å². The molecule has 6 heteroatoms. The third-order valence-corrected chi connectivity index (χ3v) is 3.52. The Morgan fingerprint density at radius 2 is 2.00 bits per heavy atom. The summed E-state index contributed by atoms with van der Waals surface area (Å²) >= 11 is 1.30. The number of hydrogen-bond acceptors (Lipinski definition) is 6. The lowest BCUT2D eigenvalue weighted by Gasteiger charge is -2.23. The van der Waals surface area contributed by atoms with Gasteiger partial charge in [-0.05, 0) is 18.4 Å². The van der Waals surface area contributed by atoms with Crippen LogP contribution in [0.1, 0.15) is 0 Å². The minimum atomic E-state index is -0.654. The Bertz CT molecular complexity index is 564. The Kier molecular flexibility index (Phi) is 5.94. The summed E-state index contributed by atoms with van der Waals surface area (Å²) in [5.41, 5.74) is 0.726. The van der Waals surface area contributed by atoms with Crippen LogP contribution < -0.4 is 9.64 Å². The van der Waals surface area contributed by atoms with E-state index in [-0.39, 0.29) is 5.57 Å². The first-order valence-corrected chi connectivity index (χ1v) is 6.96. The van der Waals surface area contributed by atoms with Crippen LogP contribution in [0.4, 0.5) is 5.69 Å². The van der Waals surface area contributed by atoms with E-state index in [1.165, 1.54) is 18.9 Å². The Hall–Kier alpha value is -2.13. The van der Waals surface area contributed by atoms with Gasteiger partial charge in [0.2, 0.25) is 0 Å². The number of nitrogens with zero attached hydrogens (tertiary/aromatic N) is 2. The Labute approximate surface area is 122 Å². The van der Waals surface area contributed by atoms with E-state index in [9.17, 15) is 10.1 Å². The first-order chi connectivity index (χ1) is 9.60. The lowest BCUT2D eigenvalue weighted by molar-refractivity contribution is -0.135. The maximum Gasteiger partial charge on any atom is 0.351 e. The molecule has 1 aromatic rings. The Morgan fingerprint density at radius 1 is 1.35 bits per heavy atom. The summed E-state index contributed by atoms with van der Waals surface area (Å²) in [6.45, 7) is 0. The molecule has 20 heavy (non-hydrogen) atoms. The molecule has 0 aliphatic carbocycles. The van der Waals surface area contributed by atoms with E-state index in [4.69, 9.17) is 4.74 Å². The molecule has 0 spiro atoms. The molecular formula is C14H16N2O3S. The van der Waals surface area contributed by atoms with Gasteiger partial charge in [-0.1, -0.05) is 12.1 Å². The van der Waals surface area contributed by atoms with E-state index < -0.39 is 5.97 Å². The number of methoxy groups -OCH3 is 2. The van der Waals surface area contributed by atoms with Crippen molar-refractivity contribution in [3.8, 4) is 11.8 Å². The molecule has 0 heterocycles. The average Bonchev–Trinajstić information content (AvgIpc) is 2.50. The molecule has 0 aromatic heterocycles. The van der Waals surface area contributed by atoms with Gasteiger partial charge in [0.25, 0.3) is 0 Å². The molecule has 0 unspecified atom stereocenters. The highest BCUT2D eigenvalue weighted by molar-refractivity contribution is 8.02. The second-order valence-corrected chi connectivity index (χ2v) is 4.51. The van der Waals surface area contributed by atoms with E-state index in [0.717, 1.165) is 5.69 Å². The second kappa shape index (κ2) is 7.46. The normalized spacial score (nSPS) is 11.2. The van der Waals surface area contributed by atoms with Crippen molar-refractivity contribution < 1.29 is 14.3 Å². The van der Waals surface area contributed by atoms with Crippen LogP contribution in [0.15, 0.2) is 34.9 Å². The SMILES string of the molecule is COC(=O)/C(C#N)=C(\SC)N(C)c1ccccc1OC. The number of rotatable bonds is 5. The fourth-order valence-electron chi connectivity index (χ4n) is 1.71. The molecule has 0 saturated carbocycles.